The number of aromatic nitrogens is 2. The van der Waals surface area contributed by atoms with Crippen LogP contribution in [0.3, 0.4) is 0 Å². The molecule has 3 nitrogen and oxygen atoms in total. The van der Waals surface area contributed by atoms with Gasteiger partial charge in [0.2, 0.25) is 0 Å². The van der Waals surface area contributed by atoms with E-state index in [4.69, 9.17) is 4.74 Å². The summed E-state index contributed by atoms with van der Waals surface area (Å²) >= 11 is 3.39. The van der Waals surface area contributed by atoms with Gasteiger partial charge in [-0.05, 0) is 43.2 Å². The fraction of sp³-hybridized carbons (Fsp3) is 0.286. The molecule has 0 atom stereocenters. The highest BCUT2D eigenvalue weighted by molar-refractivity contribution is 9.10. The van der Waals surface area contributed by atoms with E-state index in [1.54, 1.807) is 0 Å². The van der Waals surface area contributed by atoms with Crippen LogP contribution < -0.4 is 4.74 Å². The fourth-order valence-electron chi connectivity index (χ4n) is 1.51. The third-order valence-corrected chi connectivity index (χ3v) is 3.00. The second-order valence-corrected chi connectivity index (χ2v) is 5.34. The van der Waals surface area contributed by atoms with Gasteiger partial charge in [-0.3, -0.25) is 0 Å². The Labute approximate surface area is 115 Å². The van der Waals surface area contributed by atoms with Gasteiger partial charge >= 0.3 is 6.01 Å². The van der Waals surface area contributed by atoms with Gasteiger partial charge in [0, 0.05) is 10.2 Å². The summed E-state index contributed by atoms with van der Waals surface area (Å²) in [4.78, 5) is 8.69. The summed E-state index contributed by atoms with van der Waals surface area (Å²) < 4.78 is 6.68. The molecule has 0 bridgehead atoms. The Morgan fingerprint density at radius 2 is 1.78 bits per heavy atom. The maximum absolute atomic E-state index is 5.66. The Balaban J connectivity index is 2.26. The van der Waals surface area contributed by atoms with Gasteiger partial charge in [-0.2, -0.15) is 4.98 Å². The number of nitrogens with zero attached hydrogens (tertiary/aromatic N) is 2. The maximum atomic E-state index is 5.66. The molecule has 0 fully saturated rings. The molecule has 0 aliphatic heterocycles. The number of hydrogen-bond acceptors (Lipinski definition) is 3. The first-order chi connectivity index (χ1) is 8.54. The Morgan fingerprint density at radius 1 is 1.11 bits per heavy atom. The van der Waals surface area contributed by atoms with Crippen molar-refractivity contribution in [3.8, 4) is 11.8 Å². The van der Waals surface area contributed by atoms with Crippen LogP contribution in [0, 0.1) is 6.92 Å². The minimum absolute atomic E-state index is 0.360. The highest BCUT2D eigenvalue weighted by Gasteiger charge is 2.07. The minimum Gasteiger partial charge on any atom is -0.424 e. The standard InChI is InChI=1S/C14H15BrN2O/c1-9(2)13-8-10(3)16-14(17-13)18-12-6-4-11(15)5-7-12/h4-9H,1-3H3. The van der Waals surface area contributed by atoms with E-state index < -0.39 is 0 Å². The van der Waals surface area contributed by atoms with Crippen molar-refractivity contribution in [2.24, 2.45) is 0 Å². The quantitative estimate of drug-likeness (QED) is 0.839. The summed E-state index contributed by atoms with van der Waals surface area (Å²) in [6, 6.07) is 10.00. The lowest BCUT2D eigenvalue weighted by Crippen LogP contribution is -2.00. The average Bonchev–Trinajstić information content (AvgIpc) is 2.31. The Hall–Kier alpha value is -1.42. The molecule has 1 aromatic carbocycles. The monoisotopic (exact) mass is 306 g/mol. The van der Waals surface area contributed by atoms with E-state index in [1.165, 1.54) is 0 Å². The Kier molecular flexibility index (Phi) is 3.97. The zero-order chi connectivity index (χ0) is 13.1. The van der Waals surface area contributed by atoms with Crippen molar-refractivity contribution in [2.45, 2.75) is 26.7 Å². The lowest BCUT2D eigenvalue weighted by molar-refractivity contribution is 0.436. The SMILES string of the molecule is Cc1cc(C(C)C)nc(Oc2ccc(Br)cc2)n1. The number of aryl methyl sites for hydroxylation is 1. The summed E-state index contributed by atoms with van der Waals surface area (Å²) in [6.45, 7) is 6.15. The van der Waals surface area contributed by atoms with Crippen molar-refractivity contribution >= 4 is 15.9 Å². The van der Waals surface area contributed by atoms with Gasteiger partial charge in [0.05, 0.1) is 5.69 Å². The molecule has 0 unspecified atom stereocenters. The fourth-order valence-corrected chi connectivity index (χ4v) is 1.78. The predicted molar refractivity (Wildman–Crippen MR) is 75.1 cm³/mol. The summed E-state index contributed by atoms with van der Waals surface area (Å²) in [6.07, 6.45) is 0. The third-order valence-electron chi connectivity index (χ3n) is 2.47. The molecule has 18 heavy (non-hydrogen) atoms. The van der Waals surface area contributed by atoms with E-state index in [0.717, 1.165) is 21.6 Å². The highest BCUT2D eigenvalue weighted by atomic mass is 79.9. The van der Waals surface area contributed by atoms with Crippen molar-refractivity contribution < 1.29 is 4.74 Å². The highest BCUT2D eigenvalue weighted by Crippen LogP contribution is 2.22. The van der Waals surface area contributed by atoms with Crippen LogP contribution in [0.4, 0.5) is 0 Å². The summed E-state index contributed by atoms with van der Waals surface area (Å²) in [5.41, 5.74) is 1.91. The molecule has 1 heterocycles. The molecule has 0 saturated heterocycles. The van der Waals surface area contributed by atoms with Gasteiger partial charge in [0.15, 0.2) is 0 Å². The van der Waals surface area contributed by atoms with Gasteiger partial charge < -0.3 is 4.74 Å². The predicted octanol–water partition coefficient (Wildman–Crippen LogP) is 4.46. The Morgan fingerprint density at radius 3 is 2.39 bits per heavy atom. The van der Waals surface area contributed by atoms with Gasteiger partial charge in [-0.1, -0.05) is 29.8 Å². The van der Waals surface area contributed by atoms with Gasteiger partial charge in [0.25, 0.3) is 0 Å². The van der Waals surface area contributed by atoms with Crippen molar-refractivity contribution in [2.75, 3.05) is 0 Å². The molecule has 2 rings (SSSR count). The van der Waals surface area contributed by atoms with Crippen LogP contribution in [-0.2, 0) is 0 Å². The largest absolute Gasteiger partial charge is 0.424 e. The van der Waals surface area contributed by atoms with Gasteiger partial charge in [0.1, 0.15) is 5.75 Å². The zero-order valence-corrected chi connectivity index (χ0v) is 12.2. The molecule has 0 N–H and O–H groups in total. The molecule has 2 aromatic rings. The van der Waals surface area contributed by atoms with Crippen molar-refractivity contribution in [1.29, 1.82) is 0 Å². The molecular formula is C14H15BrN2O. The second-order valence-electron chi connectivity index (χ2n) is 4.43. The van der Waals surface area contributed by atoms with Gasteiger partial charge in [-0.15, -0.1) is 0 Å². The molecule has 0 amide bonds. The second kappa shape index (κ2) is 5.48. The van der Waals surface area contributed by atoms with Crippen LogP contribution in [0.5, 0.6) is 11.8 Å². The third kappa shape index (κ3) is 3.29. The summed E-state index contributed by atoms with van der Waals surface area (Å²) in [5, 5.41) is 0. The lowest BCUT2D eigenvalue weighted by Gasteiger charge is -2.09. The lowest BCUT2D eigenvalue weighted by atomic mass is 10.1. The molecule has 0 aliphatic rings. The maximum Gasteiger partial charge on any atom is 0.322 e. The first-order valence-electron chi connectivity index (χ1n) is 5.83. The van der Waals surface area contributed by atoms with Crippen LogP contribution in [0.25, 0.3) is 0 Å². The first-order valence-corrected chi connectivity index (χ1v) is 6.63. The van der Waals surface area contributed by atoms with Crippen LogP contribution in [0.1, 0.15) is 31.2 Å². The van der Waals surface area contributed by atoms with Crippen LogP contribution in [0.15, 0.2) is 34.8 Å². The smallest absolute Gasteiger partial charge is 0.322 e. The van der Waals surface area contributed by atoms with Crippen LogP contribution in [0.2, 0.25) is 0 Å². The molecule has 94 valence electrons. The molecule has 0 saturated carbocycles. The average molecular weight is 307 g/mol. The van der Waals surface area contributed by atoms with E-state index in [-0.39, 0.29) is 0 Å². The molecular weight excluding hydrogens is 292 g/mol. The topological polar surface area (TPSA) is 35.0 Å². The minimum atomic E-state index is 0.360. The number of hydrogen-bond donors (Lipinski definition) is 0. The van der Waals surface area contributed by atoms with E-state index in [9.17, 15) is 0 Å². The Bertz CT molecular complexity index is 538. The van der Waals surface area contributed by atoms with Crippen molar-refractivity contribution in [3.05, 3.63) is 46.2 Å². The number of ether oxygens (including phenoxy) is 1. The zero-order valence-electron chi connectivity index (χ0n) is 10.6. The molecule has 1 aromatic heterocycles. The summed E-state index contributed by atoms with van der Waals surface area (Å²) in [5.74, 6) is 1.09. The van der Waals surface area contributed by atoms with Crippen molar-refractivity contribution in [3.63, 3.8) is 0 Å². The van der Waals surface area contributed by atoms with Crippen LogP contribution in [-0.4, -0.2) is 9.97 Å². The van der Waals surface area contributed by atoms with Crippen molar-refractivity contribution in [1.82, 2.24) is 9.97 Å². The summed E-state index contributed by atoms with van der Waals surface area (Å²) in [7, 11) is 0. The normalized spacial score (nSPS) is 10.7. The number of halogens is 1. The molecule has 0 aliphatic carbocycles. The van der Waals surface area contributed by atoms with E-state index >= 15 is 0 Å². The number of rotatable bonds is 3. The first kappa shape index (κ1) is 13.0. The van der Waals surface area contributed by atoms with Crippen LogP contribution >= 0.6 is 15.9 Å². The molecule has 0 radical (unpaired) electrons. The van der Waals surface area contributed by atoms with E-state index in [1.807, 2.05) is 37.3 Å². The van der Waals surface area contributed by atoms with E-state index in [0.29, 0.717) is 11.9 Å². The number of benzene rings is 1. The van der Waals surface area contributed by atoms with Gasteiger partial charge in [-0.25, -0.2) is 4.98 Å². The molecule has 4 heteroatoms. The molecule has 0 spiro atoms. The van der Waals surface area contributed by atoms with E-state index in [2.05, 4.69) is 39.7 Å².